The number of carbonyl (C=O) groups is 3. The molecular weight excluding hydrogens is 686 g/mol. The topological polar surface area (TPSA) is 155 Å². The summed E-state index contributed by atoms with van der Waals surface area (Å²) in [6.07, 6.45) is 10.5. The van der Waals surface area contributed by atoms with Gasteiger partial charge >= 0.3 is 12.2 Å². The zero-order valence-corrected chi connectivity index (χ0v) is 33.4. The molecule has 0 bridgehead atoms. The van der Waals surface area contributed by atoms with E-state index in [1.54, 1.807) is 11.2 Å². The van der Waals surface area contributed by atoms with Crippen molar-refractivity contribution in [2.45, 2.75) is 129 Å². The van der Waals surface area contributed by atoms with Gasteiger partial charge < -0.3 is 39.3 Å². The third kappa shape index (κ3) is 9.57. The number of methoxy groups -OCH3 is 2. The van der Waals surface area contributed by atoms with Gasteiger partial charge in [0.15, 0.2) is 0 Å². The number of ether oxygens (including phenoxy) is 2. The minimum atomic E-state index is -0.677. The van der Waals surface area contributed by atoms with Crippen LogP contribution in [0.2, 0.25) is 0 Å². The highest BCUT2D eigenvalue weighted by atomic mass is 16.5. The molecule has 296 valence electrons. The minimum absolute atomic E-state index is 0.00285. The van der Waals surface area contributed by atoms with E-state index in [1.807, 2.05) is 20.0 Å². The third-order valence-corrected chi connectivity index (χ3v) is 11.4. The van der Waals surface area contributed by atoms with Crippen LogP contribution in [0.3, 0.4) is 0 Å². The number of likely N-dealkylation sites (tertiary alicyclic amines) is 1. The number of aromatic amines is 1. The van der Waals surface area contributed by atoms with Crippen LogP contribution in [0.25, 0.3) is 11.3 Å². The van der Waals surface area contributed by atoms with E-state index in [-0.39, 0.29) is 35.9 Å². The average Bonchev–Trinajstić information content (AvgIpc) is 3.97. The highest BCUT2D eigenvalue weighted by Gasteiger charge is 2.39. The van der Waals surface area contributed by atoms with Gasteiger partial charge in [-0.2, -0.15) is 0 Å². The van der Waals surface area contributed by atoms with Crippen LogP contribution < -0.4 is 15.5 Å². The predicted molar refractivity (Wildman–Crippen MR) is 208 cm³/mol. The maximum atomic E-state index is 13.5. The van der Waals surface area contributed by atoms with Crippen LogP contribution in [0.5, 0.6) is 0 Å². The number of oxazole rings is 1. The molecule has 3 N–H and O–H groups in total. The lowest BCUT2D eigenvalue weighted by Crippen LogP contribution is -2.53. The Balaban J connectivity index is 1.19. The van der Waals surface area contributed by atoms with Crippen LogP contribution in [0.1, 0.15) is 128 Å². The number of amides is 3. The summed E-state index contributed by atoms with van der Waals surface area (Å²) in [6.45, 7) is 13.8. The first-order chi connectivity index (χ1) is 25.9. The van der Waals surface area contributed by atoms with Crippen molar-refractivity contribution in [3.8, 4) is 11.3 Å². The van der Waals surface area contributed by atoms with Crippen LogP contribution in [-0.2, 0) is 14.3 Å². The first-order valence-corrected chi connectivity index (χ1v) is 19.8. The number of carbonyl (C=O) groups excluding carboxylic acids is 3. The van der Waals surface area contributed by atoms with Crippen molar-refractivity contribution < 1.29 is 28.3 Å². The molecule has 2 aliphatic rings. The second kappa shape index (κ2) is 18.7. The first-order valence-electron chi connectivity index (χ1n) is 19.8. The standard InChI is InChI=1S/C41H61N7O6/c1-9-10-21-47(27(6)35(25(2)3)45-40(50)52-7)39-42-23-32(44-39)30-17-13-28(14-18-30)29-15-19-31(20-16-29)33-24-54-37(43-33)34-12-11-22-48(34)38(49)36(26(4)5)46-41(51)53-8/h13-14,17-18,23-27,29,31,34-36H,9-12,15-16,19-22H2,1-8H3,(H,42,44)(H,45,50)(H,46,51)/t27?,29?,31?,34?,35-,36-/m0/s1. The van der Waals surface area contributed by atoms with Gasteiger partial charge in [-0.15, -0.1) is 0 Å². The SMILES string of the molecule is CCCCN(c1ncc(-c2ccc(C3CCC(c4coc(C5CCCN5C(=O)[C@@H](NC(=O)OC)C(C)C)n4)CC3)cc2)[nH]1)C(C)[C@@H](NC(=O)OC)C(C)C. The molecule has 0 spiro atoms. The van der Waals surface area contributed by atoms with Crippen molar-refractivity contribution in [3.63, 3.8) is 0 Å². The third-order valence-electron chi connectivity index (χ3n) is 11.4. The summed E-state index contributed by atoms with van der Waals surface area (Å²) in [5.41, 5.74) is 4.34. The molecule has 2 aromatic heterocycles. The van der Waals surface area contributed by atoms with Crippen LogP contribution in [0.15, 0.2) is 41.1 Å². The Morgan fingerprint density at radius 1 is 0.944 bits per heavy atom. The molecule has 2 unspecified atom stereocenters. The summed E-state index contributed by atoms with van der Waals surface area (Å²) >= 11 is 0. The van der Waals surface area contributed by atoms with Crippen LogP contribution in [0.4, 0.5) is 15.5 Å². The van der Waals surface area contributed by atoms with E-state index in [1.165, 1.54) is 19.8 Å². The summed E-state index contributed by atoms with van der Waals surface area (Å²) < 4.78 is 15.7. The normalized spacial score (nSPS) is 20.4. The molecule has 3 amide bonds. The van der Waals surface area contributed by atoms with Crippen molar-refractivity contribution >= 4 is 24.0 Å². The molecular formula is C41H61N7O6. The van der Waals surface area contributed by atoms with E-state index in [9.17, 15) is 14.4 Å². The molecule has 1 aliphatic heterocycles. The maximum absolute atomic E-state index is 13.5. The Hall–Kier alpha value is -4.55. The Morgan fingerprint density at radius 2 is 1.61 bits per heavy atom. The molecule has 13 heteroatoms. The number of rotatable bonds is 15. The predicted octanol–water partition coefficient (Wildman–Crippen LogP) is 7.93. The Bertz CT molecular complexity index is 1660. The number of hydrogen-bond donors (Lipinski definition) is 3. The van der Waals surface area contributed by atoms with Crippen molar-refractivity contribution in [2.75, 3.05) is 32.2 Å². The van der Waals surface area contributed by atoms with Crippen molar-refractivity contribution in [1.29, 1.82) is 0 Å². The van der Waals surface area contributed by atoms with Gasteiger partial charge in [-0.05, 0) is 80.8 Å². The van der Waals surface area contributed by atoms with E-state index in [0.717, 1.165) is 80.8 Å². The lowest BCUT2D eigenvalue weighted by molar-refractivity contribution is -0.135. The summed E-state index contributed by atoms with van der Waals surface area (Å²) in [5, 5.41) is 5.74. The van der Waals surface area contributed by atoms with Crippen molar-refractivity contribution in [2.24, 2.45) is 11.8 Å². The number of alkyl carbamates (subject to hydrolysis) is 2. The smallest absolute Gasteiger partial charge is 0.407 e. The fourth-order valence-electron chi connectivity index (χ4n) is 8.13. The zero-order chi connectivity index (χ0) is 38.9. The molecule has 13 nitrogen and oxygen atoms in total. The Kier molecular flexibility index (Phi) is 14.0. The van der Waals surface area contributed by atoms with Crippen LogP contribution in [-0.4, -0.2) is 83.4 Å². The molecule has 1 saturated heterocycles. The first kappa shape index (κ1) is 40.6. The lowest BCUT2D eigenvalue weighted by atomic mass is 9.77. The van der Waals surface area contributed by atoms with E-state index < -0.39 is 18.2 Å². The number of aromatic nitrogens is 3. The fraction of sp³-hybridized carbons (Fsp3) is 0.634. The van der Waals surface area contributed by atoms with E-state index in [0.29, 0.717) is 24.3 Å². The fourth-order valence-corrected chi connectivity index (χ4v) is 8.13. The number of anilines is 1. The lowest BCUT2D eigenvalue weighted by Gasteiger charge is -2.36. The molecule has 1 aliphatic carbocycles. The number of nitrogens with zero attached hydrogens (tertiary/aromatic N) is 4. The van der Waals surface area contributed by atoms with E-state index >= 15 is 0 Å². The summed E-state index contributed by atoms with van der Waals surface area (Å²) in [5.74, 6) is 2.14. The van der Waals surface area contributed by atoms with Gasteiger partial charge in [0.25, 0.3) is 0 Å². The van der Waals surface area contributed by atoms with Gasteiger partial charge in [-0.25, -0.2) is 19.6 Å². The van der Waals surface area contributed by atoms with Crippen LogP contribution in [0, 0.1) is 11.8 Å². The second-order valence-corrected chi connectivity index (χ2v) is 15.6. The Morgan fingerprint density at radius 3 is 2.24 bits per heavy atom. The van der Waals surface area contributed by atoms with Gasteiger partial charge in [-0.1, -0.05) is 65.3 Å². The second-order valence-electron chi connectivity index (χ2n) is 15.6. The molecule has 1 saturated carbocycles. The zero-order valence-electron chi connectivity index (χ0n) is 33.4. The van der Waals surface area contributed by atoms with Crippen molar-refractivity contribution in [1.82, 2.24) is 30.5 Å². The van der Waals surface area contributed by atoms with Gasteiger partial charge in [0.1, 0.15) is 18.3 Å². The largest absolute Gasteiger partial charge is 0.453 e. The van der Waals surface area contributed by atoms with E-state index in [4.69, 9.17) is 23.9 Å². The highest BCUT2D eigenvalue weighted by molar-refractivity contribution is 5.86. The molecule has 54 heavy (non-hydrogen) atoms. The molecule has 1 aromatic carbocycles. The van der Waals surface area contributed by atoms with Gasteiger partial charge in [0.05, 0.1) is 37.8 Å². The number of H-pyrrole nitrogens is 1. The molecule has 5 rings (SSSR count). The summed E-state index contributed by atoms with van der Waals surface area (Å²) in [6, 6.07) is 7.81. The molecule has 2 fully saturated rings. The monoisotopic (exact) mass is 747 g/mol. The molecule has 4 atom stereocenters. The summed E-state index contributed by atoms with van der Waals surface area (Å²) in [7, 11) is 2.69. The number of imidazole rings is 1. The minimum Gasteiger partial charge on any atom is -0.453 e. The Labute approximate surface area is 320 Å². The van der Waals surface area contributed by atoms with Gasteiger partial charge in [0.2, 0.25) is 17.7 Å². The average molecular weight is 748 g/mol. The van der Waals surface area contributed by atoms with Gasteiger partial charge in [-0.3, -0.25) is 4.79 Å². The molecule has 3 heterocycles. The van der Waals surface area contributed by atoms with Gasteiger partial charge in [0, 0.05) is 25.0 Å². The number of nitrogens with one attached hydrogen (secondary N) is 3. The van der Waals surface area contributed by atoms with E-state index in [2.05, 4.69) is 72.5 Å². The quantitative estimate of drug-likeness (QED) is 0.141. The number of unbranched alkanes of at least 4 members (excludes halogenated alkanes) is 1. The highest BCUT2D eigenvalue weighted by Crippen LogP contribution is 2.42. The molecule has 3 aromatic rings. The number of hydrogen-bond acceptors (Lipinski definition) is 9. The maximum Gasteiger partial charge on any atom is 0.407 e. The number of benzene rings is 1. The van der Waals surface area contributed by atoms with Crippen LogP contribution >= 0.6 is 0 Å². The molecule has 0 radical (unpaired) electrons. The van der Waals surface area contributed by atoms with Crippen molar-refractivity contribution in [3.05, 3.63) is 53.9 Å². The summed E-state index contributed by atoms with van der Waals surface area (Å²) in [4.78, 5) is 55.0.